The molecule has 0 saturated carbocycles. The topological polar surface area (TPSA) is 650 Å². The first-order chi connectivity index (χ1) is 64.8. The molecule has 4 aromatic rings. The number of rotatable bonds is 39. The summed E-state index contributed by atoms with van der Waals surface area (Å²) in [4.78, 5) is 284. The van der Waals surface area contributed by atoms with Crippen molar-refractivity contribution in [3.8, 4) is 5.75 Å². The number of ketones is 4. The molecule has 139 heavy (non-hydrogen) atoms. The number of phenols is 1. The maximum atomic E-state index is 15.6. The average molecular weight is 1950 g/mol. The summed E-state index contributed by atoms with van der Waals surface area (Å²) in [6, 6.07) is 1.22. The van der Waals surface area contributed by atoms with Crippen LogP contribution in [0.3, 0.4) is 0 Å². The minimum atomic E-state index is -2.07. The average Bonchev–Trinajstić information content (AvgIpc) is 1.71. The van der Waals surface area contributed by atoms with Crippen molar-refractivity contribution in [1.82, 2.24) is 84.7 Å². The lowest BCUT2D eigenvalue weighted by Gasteiger charge is -2.34. The second-order valence-electron chi connectivity index (χ2n) is 37.5. The van der Waals surface area contributed by atoms with E-state index in [0.717, 1.165) is 0 Å². The van der Waals surface area contributed by atoms with Gasteiger partial charge in [-0.15, -0.1) is 0 Å². The standard InChI is InChI=1S/C97H144N18O23.CH4/c1-52(2)44-66-51-102-70(38-40-76(98)119)82(125)81(124)57(8)104-89(132)75(48-65-50-101-69-33-27-26-32-68(65)69)110-90(133)73(47-64-34-36-67(118)37-35-64)109-88(131)71(39-41-77(120)121)112-95(138)97(15,115-92(135)74(46-63-30-24-23-25-31-63)111-93(136)78(61(12)116)113-91(134)72(45-53(3)4)108-62(13)117)43-29-22-20-18-16-17-19-21-28-42-96(14,114-87(66)130)94(137)107-60(11)86(129)106-59(10)85(128)105-58(9)84(127)103-56(7)80(123)79(122)55(6)100-49-54(5)83(99)126;/h23-27,30-37,50,52-61,66,70-75,78,100-102,116,118H,16-22,28-29,38-49,51H2,1-15H3,(H2,98,119)(H2,99,126)(H,103,127)(H,104,132)(H,105,128)(H,106,129)(H,107,137)(H,108,117)(H,109,131)(H,110,133)(H,111,136)(H,112,138)(H,113,134)(H,114,130)(H,115,135)(H,120,121);1H4/t54-,55-,56-,57-,58?,59-,60?,61+,66+,70-,71-,72-,73?,74-,75-,78-,96-,97+;/m0./s1. The van der Waals surface area contributed by atoms with Crippen LogP contribution >= 0.6 is 0 Å². The van der Waals surface area contributed by atoms with Crippen LogP contribution in [0.2, 0.25) is 0 Å². The lowest BCUT2D eigenvalue weighted by Crippen LogP contribution is -2.65. The van der Waals surface area contributed by atoms with Crippen molar-refractivity contribution in [2.75, 3.05) is 13.1 Å². The molecule has 15 amide bonds. The third-order valence-electron chi connectivity index (χ3n) is 24.1. The number of phenolic OH excluding ortho intramolecular Hbond substituents is 1. The van der Waals surface area contributed by atoms with Gasteiger partial charge in [-0.05, 0) is 148 Å². The van der Waals surface area contributed by atoms with Gasteiger partial charge in [-0.2, -0.15) is 0 Å². The Morgan fingerprint density at radius 1 is 0.511 bits per heavy atom. The Labute approximate surface area is 811 Å². The number of para-hydroxylation sites is 1. The van der Waals surface area contributed by atoms with Gasteiger partial charge in [-0.1, -0.05) is 160 Å². The third-order valence-corrected chi connectivity index (χ3v) is 24.1. The molecular weight excluding hydrogens is 1800 g/mol. The Kier molecular flexibility index (Phi) is 48.9. The van der Waals surface area contributed by atoms with Crippen molar-refractivity contribution in [2.24, 2.45) is 35.1 Å². The normalized spacial score (nSPS) is 21.8. The lowest BCUT2D eigenvalue weighted by molar-refractivity contribution is -0.140. The highest BCUT2D eigenvalue weighted by molar-refractivity contribution is 6.41. The van der Waals surface area contributed by atoms with Crippen LogP contribution in [0.25, 0.3) is 10.9 Å². The van der Waals surface area contributed by atoms with Gasteiger partial charge in [0.1, 0.15) is 71.2 Å². The number of fused-ring (bicyclic) bond motifs is 1. The van der Waals surface area contributed by atoms with E-state index >= 15 is 28.8 Å². The predicted octanol–water partition coefficient (Wildman–Crippen LogP) is 1.60. The fourth-order valence-corrected chi connectivity index (χ4v) is 15.6. The molecule has 2 heterocycles. The Bertz CT molecular complexity index is 4910. The highest BCUT2D eigenvalue weighted by Gasteiger charge is 2.44. The number of aromatic hydroxyl groups is 1. The van der Waals surface area contributed by atoms with Crippen LogP contribution < -0.4 is 91.2 Å². The van der Waals surface area contributed by atoms with Crippen molar-refractivity contribution >= 4 is 129 Å². The predicted molar refractivity (Wildman–Crippen MR) is 517 cm³/mol. The van der Waals surface area contributed by atoms with E-state index in [1.165, 1.54) is 100 Å². The number of amides is 15. The lowest BCUT2D eigenvalue weighted by atomic mass is 9.89. The number of carbonyl (C=O) groups is 20. The van der Waals surface area contributed by atoms with Crippen molar-refractivity contribution in [3.05, 3.63) is 102 Å². The molecule has 1 aliphatic rings. The van der Waals surface area contributed by atoms with Crippen LogP contribution in [0.15, 0.2) is 85.1 Å². The van der Waals surface area contributed by atoms with Crippen LogP contribution in [-0.4, -0.2) is 247 Å². The number of aromatic nitrogens is 1. The van der Waals surface area contributed by atoms with Crippen molar-refractivity contribution < 1.29 is 111 Å². The molecule has 1 fully saturated rings. The summed E-state index contributed by atoms with van der Waals surface area (Å²) in [5.41, 5.74) is 8.90. The number of nitrogens with two attached hydrogens (primary N) is 2. The molecule has 41 nitrogen and oxygen atoms in total. The molecule has 0 aliphatic carbocycles. The molecule has 41 heteroatoms. The first kappa shape index (κ1) is 118. The number of primary amides is 2. The number of H-pyrrole nitrogens is 1. The molecule has 3 unspecified atom stereocenters. The maximum Gasteiger partial charge on any atom is 0.303 e. The number of aliphatic carboxylic acids is 1. The molecular formula is C98H148N18O23. The first-order valence-corrected chi connectivity index (χ1v) is 47.3. The van der Waals surface area contributed by atoms with E-state index in [4.69, 9.17) is 11.5 Å². The van der Waals surface area contributed by atoms with Crippen LogP contribution in [-0.2, 0) is 115 Å². The van der Waals surface area contributed by atoms with E-state index < -0.39 is 257 Å². The van der Waals surface area contributed by atoms with Gasteiger partial charge in [0.15, 0.2) is 0 Å². The van der Waals surface area contributed by atoms with Crippen molar-refractivity contribution in [2.45, 2.75) is 335 Å². The second kappa shape index (κ2) is 57.5. The molecule has 23 N–H and O–H groups in total. The van der Waals surface area contributed by atoms with Crippen LogP contribution in [0.5, 0.6) is 5.75 Å². The van der Waals surface area contributed by atoms with Gasteiger partial charge < -0.3 is 112 Å². The van der Waals surface area contributed by atoms with Gasteiger partial charge >= 0.3 is 5.97 Å². The molecule has 0 bridgehead atoms. The summed E-state index contributed by atoms with van der Waals surface area (Å²) >= 11 is 0. The van der Waals surface area contributed by atoms with E-state index in [-0.39, 0.29) is 83.0 Å². The van der Waals surface area contributed by atoms with E-state index in [2.05, 4.69) is 84.7 Å². The maximum absolute atomic E-state index is 15.6. The molecule has 1 aromatic heterocycles. The molecule has 0 radical (unpaired) electrons. The quantitative estimate of drug-likeness (QED) is 0.0282. The molecule has 5 rings (SSSR count). The zero-order valence-corrected chi connectivity index (χ0v) is 81.7. The number of aromatic amines is 1. The van der Waals surface area contributed by atoms with E-state index in [1.54, 1.807) is 88.5 Å². The van der Waals surface area contributed by atoms with Crippen molar-refractivity contribution in [1.29, 1.82) is 0 Å². The summed E-state index contributed by atoms with van der Waals surface area (Å²) in [7, 11) is 0. The Morgan fingerprint density at radius 2 is 1.04 bits per heavy atom. The molecule has 1 aliphatic heterocycles. The summed E-state index contributed by atoms with van der Waals surface area (Å²) < 4.78 is 0. The largest absolute Gasteiger partial charge is 0.508 e. The minimum Gasteiger partial charge on any atom is -0.508 e. The summed E-state index contributed by atoms with van der Waals surface area (Å²) in [5.74, 6) is -21.4. The fraction of sp³-hybridized carbons (Fsp3) is 0.592. The van der Waals surface area contributed by atoms with Gasteiger partial charge in [0.05, 0.1) is 36.2 Å². The summed E-state index contributed by atoms with van der Waals surface area (Å²) in [6.07, 6.45) is 1.17. The molecule has 0 spiro atoms. The van der Waals surface area contributed by atoms with Crippen LogP contribution in [0.1, 0.15) is 237 Å². The highest BCUT2D eigenvalue weighted by Crippen LogP contribution is 2.26. The number of aliphatic hydroxyl groups excluding tert-OH is 1. The highest BCUT2D eigenvalue weighted by atomic mass is 16.4. The van der Waals surface area contributed by atoms with Gasteiger partial charge in [-0.25, -0.2) is 0 Å². The Hall–Kier alpha value is -12.9. The number of hydrogen-bond donors (Lipinski definition) is 21. The number of hydrogen-bond acceptors (Lipinski definition) is 24. The van der Waals surface area contributed by atoms with E-state index in [9.17, 15) is 82.4 Å². The minimum absolute atomic E-state index is 0. The second-order valence-corrected chi connectivity index (χ2v) is 37.5. The molecule has 18 atom stereocenters. The number of carbonyl (C=O) groups excluding carboxylic acids is 19. The molecule has 1 saturated heterocycles. The molecule has 768 valence electrons. The van der Waals surface area contributed by atoms with Gasteiger partial charge in [0, 0.05) is 75.1 Å². The smallest absolute Gasteiger partial charge is 0.303 e. The fourth-order valence-electron chi connectivity index (χ4n) is 15.6. The van der Waals surface area contributed by atoms with Crippen molar-refractivity contribution in [3.63, 3.8) is 0 Å². The zero-order chi connectivity index (χ0) is 103. The number of carboxylic acids is 1. The number of nitrogens with one attached hydrogen (secondary N) is 16. The molecule has 3 aromatic carbocycles. The van der Waals surface area contributed by atoms with Crippen LogP contribution in [0, 0.1) is 23.7 Å². The van der Waals surface area contributed by atoms with Gasteiger partial charge in [0.2, 0.25) is 112 Å². The number of benzene rings is 3. The first-order valence-electron chi connectivity index (χ1n) is 47.3. The summed E-state index contributed by atoms with van der Waals surface area (Å²) in [5, 5.41) is 72.1. The Balaban J connectivity index is 0.0000403. The zero-order valence-electron chi connectivity index (χ0n) is 81.7. The van der Waals surface area contributed by atoms with Gasteiger partial charge in [0.25, 0.3) is 0 Å². The number of aliphatic hydroxyl groups is 1. The van der Waals surface area contributed by atoms with Crippen LogP contribution in [0.4, 0.5) is 0 Å². The SMILES string of the molecule is C.CC(=O)N[C@@H](CC(C)C)C(=O)N[C@H](C(=O)N[C@@H](Cc1ccccc1)C(=O)N[C@]1(C)CCCCCCCCCCC[C@@](C)(C(=O)NC(C)C(=O)N[C@@H](C)C(=O)NC(C)C(=O)N[C@@H](C)C(=O)C(=O)[C@H](C)NC[C@H](C)C(N)=O)NC(=O)[C@H](CC(C)C)CN[C@@H](CCC(N)=O)C(=O)C(=O)[C@H](C)NC(=O)[C@H](Cc2c[nH]c3ccccc23)NC(=O)C(Cc2ccc(O)cc2)NC(=O)[C@H](CCC(=O)O)NC1=O)[C@@H](C)O. The third kappa shape index (κ3) is 39.5. The van der Waals surface area contributed by atoms with E-state index in [0.29, 0.717) is 79.0 Å². The monoisotopic (exact) mass is 1950 g/mol. The van der Waals surface area contributed by atoms with E-state index in [1.807, 2.05) is 0 Å². The Morgan fingerprint density at radius 3 is 1.59 bits per heavy atom. The summed E-state index contributed by atoms with van der Waals surface area (Å²) in [6.45, 7) is 21.4. The number of carboxylic acid groups (broad SMARTS) is 1. The number of Topliss-reactive ketones (excluding diaryl/α,β-unsaturated/α-hetero) is 4. The van der Waals surface area contributed by atoms with Gasteiger partial charge in [-0.3, -0.25) is 95.9 Å².